The molecule has 6 nitrogen and oxygen atoms in total. The Hall–Kier alpha value is -3.03. The fourth-order valence-corrected chi connectivity index (χ4v) is 5.11. The minimum Gasteiger partial charge on any atom is -0.495 e. The number of rotatable bonds is 10. The zero-order chi connectivity index (χ0) is 23.8. The zero-order valence-electron chi connectivity index (χ0n) is 18.6. The summed E-state index contributed by atoms with van der Waals surface area (Å²) in [6.07, 6.45) is 1.57. The van der Waals surface area contributed by atoms with E-state index in [1.165, 1.54) is 36.4 Å². The van der Waals surface area contributed by atoms with Gasteiger partial charge in [-0.1, -0.05) is 59.6 Å². The number of nitrogens with zero attached hydrogens (tertiary/aromatic N) is 1. The van der Waals surface area contributed by atoms with Gasteiger partial charge in [0.1, 0.15) is 12.3 Å². The molecule has 1 N–H and O–H groups in total. The van der Waals surface area contributed by atoms with E-state index < -0.39 is 15.9 Å². The van der Waals surface area contributed by atoms with Crippen LogP contribution in [-0.4, -0.2) is 34.5 Å². The summed E-state index contributed by atoms with van der Waals surface area (Å²) >= 11 is 6.23. The van der Waals surface area contributed by atoms with Gasteiger partial charge in [0.05, 0.1) is 22.7 Å². The van der Waals surface area contributed by atoms with Crippen LogP contribution in [0.3, 0.4) is 0 Å². The molecule has 0 aliphatic carbocycles. The highest BCUT2D eigenvalue weighted by Gasteiger charge is 2.27. The number of hydrogen-bond donors (Lipinski definition) is 1. The van der Waals surface area contributed by atoms with Crippen molar-refractivity contribution in [2.75, 3.05) is 24.5 Å². The summed E-state index contributed by atoms with van der Waals surface area (Å²) < 4.78 is 32.9. The van der Waals surface area contributed by atoms with E-state index in [1.807, 2.05) is 19.1 Å². The van der Waals surface area contributed by atoms with Gasteiger partial charge in [-0.25, -0.2) is 8.42 Å². The number of aryl methyl sites for hydroxylation is 2. The summed E-state index contributed by atoms with van der Waals surface area (Å²) in [6, 6.07) is 20.8. The Labute approximate surface area is 200 Å². The smallest absolute Gasteiger partial charge is 0.264 e. The molecule has 3 aromatic carbocycles. The maximum Gasteiger partial charge on any atom is 0.264 e. The third kappa shape index (κ3) is 6.49. The Morgan fingerprint density at radius 1 is 1.03 bits per heavy atom. The molecule has 0 aliphatic heterocycles. The Bertz CT molecular complexity index is 1200. The molecular formula is C25H27ClN2O4S. The molecule has 0 bridgehead atoms. The summed E-state index contributed by atoms with van der Waals surface area (Å²) in [5.41, 5.74) is 2.67. The van der Waals surface area contributed by atoms with E-state index in [2.05, 4.69) is 17.4 Å². The molecule has 0 unspecified atom stereocenters. The van der Waals surface area contributed by atoms with E-state index in [-0.39, 0.29) is 22.2 Å². The average Bonchev–Trinajstić information content (AvgIpc) is 2.81. The van der Waals surface area contributed by atoms with Gasteiger partial charge in [0.2, 0.25) is 5.91 Å². The topological polar surface area (TPSA) is 75.7 Å². The number of methoxy groups -OCH3 is 1. The number of nitrogens with one attached hydrogen (secondary N) is 1. The van der Waals surface area contributed by atoms with E-state index in [1.54, 1.807) is 30.3 Å². The highest BCUT2D eigenvalue weighted by atomic mass is 35.5. The maximum absolute atomic E-state index is 13.4. The van der Waals surface area contributed by atoms with E-state index in [9.17, 15) is 13.2 Å². The van der Waals surface area contributed by atoms with Crippen molar-refractivity contribution in [2.45, 2.75) is 24.7 Å². The van der Waals surface area contributed by atoms with Gasteiger partial charge in [-0.3, -0.25) is 9.10 Å². The molecule has 3 aromatic rings. The Morgan fingerprint density at radius 2 is 1.79 bits per heavy atom. The standard InChI is InChI=1S/C25H27ClN2O4S/c1-19-8-6-9-20(16-19)10-7-15-27-25(29)18-28(21-13-14-24(32-2)23(26)17-21)33(30,31)22-11-4-3-5-12-22/h3-6,8-9,11-14,16-17H,7,10,15,18H2,1-2H3,(H,27,29). The lowest BCUT2D eigenvalue weighted by Crippen LogP contribution is -2.41. The van der Waals surface area contributed by atoms with Crippen LogP contribution in [0.15, 0.2) is 77.7 Å². The number of ether oxygens (including phenoxy) is 1. The first-order valence-electron chi connectivity index (χ1n) is 10.5. The normalized spacial score (nSPS) is 11.1. The van der Waals surface area contributed by atoms with Gasteiger partial charge in [0.25, 0.3) is 10.0 Å². The van der Waals surface area contributed by atoms with Crippen molar-refractivity contribution in [3.8, 4) is 5.75 Å². The minimum atomic E-state index is -3.99. The molecule has 0 aromatic heterocycles. The second-order valence-electron chi connectivity index (χ2n) is 7.59. The average molecular weight is 487 g/mol. The molecule has 0 heterocycles. The molecule has 174 valence electrons. The second kappa shape index (κ2) is 11.2. The van der Waals surface area contributed by atoms with E-state index >= 15 is 0 Å². The molecule has 1 amide bonds. The number of amides is 1. The predicted molar refractivity (Wildman–Crippen MR) is 131 cm³/mol. The van der Waals surface area contributed by atoms with Crippen LogP contribution in [0.2, 0.25) is 5.02 Å². The van der Waals surface area contributed by atoms with Crippen molar-refractivity contribution < 1.29 is 17.9 Å². The fraction of sp³-hybridized carbons (Fsp3) is 0.240. The van der Waals surface area contributed by atoms with Crippen LogP contribution in [0.25, 0.3) is 0 Å². The molecule has 0 fully saturated rings. The van der Waals surface area contributed by atoms with E-state index in [4.69, 9.17) is 16.3 Å². The SMILES string of the molecule is COc1ccc(N(CC(=O)NCCCc2cccc(C)c2)S(=O)(=O)c2ccccc2)cc1Cl. The highest BCUT2D eigenvalue weighted by molar-refractivity contribution is 7.92. The Balaban J connectivity index is 1.74. The number of hydrogen-bond acceptors (Lipinski definition) is 4. The number of benzene rings is 3. The Kier molecular flexibility index (Phi) is 8.36. The largest absolute Gasteiger partial charge is 0.495 e. The van der Waals surface area contributed by atoms with Crippen LogP contribution in [0.1, 0.15) is 17.5 Å². The predicted octanol–water partition coefficient (Wildman–Crippen LogP) is 4.60. The number of anilines is 1. The lowest BCUT2D eigenvalue weighted by atomic mass is 10.1. The third-order valence-corrected chi connectivity index (χ3v) is 7.17. The maximum atomic E-state index is 13.4. The summed E-state index contributed by atoms with van der Waals surface area (Å²) in [7, 11) is -2.52. The van der Waals surface area contributed by atoms with Crippen molar-refractivity contribution in [3.05, 3.63) is 88.9 Å². The number of carbonyl (C=O) groups is 1. The van der Waals surface area contributed by atoms with Crippen LogP contribution in [0.4, 0.5) is 5.69 Å². The van der Waals surface area contributed by atoms with Gasteiger partial charge in [-0.2, -0.15) is 0 Å². The molecule has 0 atom stereocenters. The van der Waals surface area contributed by atoms with Crippen LogP contribution in [-0.2, 0) is 21.2 Å². The summed E-state index contributed by atoms with van der Waals surface area (Å²) in [5.74, 6) is 0.0174. The van der Waals surface area contributed by atoms with Gasteiger partial charge < -0.3 is 10.1 Å². The highest BCUT2D eigenvalue weighted by Crippen LogP contribution is 2.31. The monoisotopic (exact) mass is 486 g/mol. The van der Waals surface area contributed by atoms with E-state index in [0.29, 0.717) is 12.3 Å². The van der Waals surface area contributed by atoms with Crippen molar-refractivity contribution in [1.29, 1.82) is 0 Å². The molecule has 0 aliphatic rings. The number of sulfonamides is 1. The molecular weight excluding hydrogens is 460 g/mol. The molecule has 3 rings (SSSR count). The van der Waals surface area contributed by atoms with Crippen LogP contribution < -0.4 is 14.4 Å². The lowest BCUT2D eigenvalue weighted by molar-refractivity contribution is -0.119. The molecule has 33 heavy (non-hydrogen) atoms. The first-order chi connectivity index (χ1) is 15.8. The molecule has 0 saturated carbocycles. The quantitative estimate of drug-likeness (QED) is 0.425. The van der Waals surface area contributed by atoms with Crippen molar-refractivity contribution in [1.82, 2.24) is 5.32 Å². The van der Waals surface area contributed by atoms with Crippen molar-refractivity contribution in [3.63, 3.8) is 0 Å². The van der Waals surface area contributed by atoms with Gasteiger partial charge >= 0.3 is 0 Å². The summed E-state index contributed by atoms with van der Waals surface area (Å²) in [6.45, 7) is 2.11. The molecule has 8 heteroatoms. The van der Waals surface area contributed by atoms with Crippen molar-refractivity contribution in [2.24, 2.45) is 0 Å². The van der Waals surface area contributed by atoms with Gasteiger partial charge in [0, 0.05) is 6.54 Å². The summed E-state index contributed by atoms with van der Waals surface area (Å²) in [4.78, 5) is 12.8. The molecule has 0 radical (unpaired) electrons. The van der Waals surface area contributed by atoms with Crippen molar-refractivity contribution >= 4 is 33.2 Å². The number of carbonyl (C=O) groups excluding carboxylic acids is 1. The minimum absolute atomic E-state index is 0.0872. The first kappa shape index (κ1) is 24.6. The molecule has 0 spiro atoms. The second-order valence-corrected chi connectivity index (χ2v) is 9.86. The van der Waals surface area contributed by atoms with Crippen LogP contribution in [0, 0.1) is 6.92 Å². The van der Waals surface area contributed by atoms with Crippen LogP contribution >= 0.6 is 11.6 Å². The lowest BCUT2D eigenvalue weighted by Gasteiger charge is -2.24. The Morgan fingerprint density at radius 3 is 2.45 bits per heavy atom. The van der Waals surface area contributed by atoms with E-state index in [0.717, 1.165) is 17.1 Å². The third-order valence-electron chi connectivity index (χ3n) is 5.09. The van der Waals surface area contributed by atoms with Gasteiger partial charge in [0.15, 0.2) is 0 Å². The van der Waals surface area contributed by atoms with Gasteiger partial charge in [-0.15, -0.1) is 0 Å². The summed E-state index contributed by atoms with van der Waals surface area (Å²) in [5, 5.41) is 3.08. The fourth-order valence-electron chi connectivity index (χ4n) is 3.42. The molecule has 0 saturated heterocycles. The van der Waals surface area contributed by atoms with Crippen LogP contribution in [0.5, 0.6) is 5.75 Å². The number of halogens is 1. The van der Waals surface area contributed by atoms with Gasteiger partial charge in [-0.05, 0) is 55.7 Å². The first-order valence-corrected chi connectivity index (χ1v) is 12.4. The zero-order valence-corrected chi connectivity index (χ0v) is 20.2.